The van der Waals surface area contributed by atoms with Crippen molar-refractivity contribution in [3.63, 3.8) is 0 Å². The van der Waals surface area contributed by atoms with Crippen LogP contribution in [0.15, 0.2) is 18.2 Å². The van der Waals surface area contributed by atoms with Crippen LogP contribution in [-0.2, 0) is 13.7 Å². The number of aryl methyl sites for hydroxylation is 2. The van der Waals surface area contributed by atoms with Crippen LogP contribution in [0.4, 0.5) is 0 Å². The first kappa shape index (κ1) is 14.9. The Morgan fingerprint density at radius 3 is 2.24 bits per heavy atom. The lowest BCUT2D eigenvalue weighted by Crippen LogP contribution is -2.05. The van der Waals surface area contributed by atoms with Crippen LogP contribution in [0.25, 0.3) is 0 Å². The number of rotatable bonds is 6. The molecule has 0 unspecified atom stereocenters. The minimum atomic E-state index is 0.324. The van der Waals surface area contributed by atoms with E-state index in [0.29, 0.717) is 29.4 Å². The summed E-state index contributed by atoms with van der Waals surface area (Å²) in [4.78, 5) is 10.9. The van der Waals surface area contributed by atoms with E-state index in [4.69, 9.17) is 14.2 Å². The molecule has 21 heavy (non-hydrogen) atoms. The first-order chi connectivity index (χ1) is 10.1. The van der Waals surface area contributed by atoms with Crippen LogP contribution < -0.4 is 14.2 Å². The number of hydrogen-bond donors (Lipinski definition) is 0. The SMILES string of the molecule is COc1cc(C=O)cc(OC)c1OCc1cc(C)nn1C. The number of hydrogen-bond acceptors (Lipinski definition) is 5. The third kappa shape index (κ3) is 3.16. The summed E-state index contributed by atoms with van der Waals surface area (Å²) in [5, 5.41) is 4.26. The smallest absolute Gasteiger partial charge is 0.203 e. The topological polar surface area (TPSA) is 62.6 Å². The molecule has 0 aliphatic carbocycles. The van der Waals surface area contributed by atoms with E-state index < -0.39 is 0 Å². The van der Waals surface area contributed by atoms with E-state index in [2.05, 4.69) is 5.10 Å². The first-order valence-electron chi connectivity index (χ1n) is 6.42. The van der Waals surface area contributed by atoms with Gasteiger partial charge in [-0.2, -0.15) is 5.10 Å². The van der Waals surface area contributed by atoms with Crippen molar-refractivity contribution >= 4 is 6.29 Å². The molecule has 0 bridgehead atoms. The Morgan fingerprint density at radius 2 is 1.81 bits per heavy atom. The summed E-state index contributed by atoms with van der Waals surface area (Å²) in [6, 6.07) is 5.16. The van der Waals surface area contributed by atoms with Crippen LogP contribution in [0.1, 0.15) is 21.7 Å². The van der Waals surface area contributed by atoms with Gasteiger partial charge in [-0.3, -0.25) is 9.48 Å². The fourth-order valence-electron chi connectivity index (χ4n) is 2.06. The van der Waals surface area contributed by atoms with Gasteiger partial charge >= 0.3 is 0 Å². The van der Waals surface area contributed by atoms with Gasteiger partial charge in [0.2, 0.25) is 5.75 Å². The summed E-state index contributed by atoms with van der Waals surface area (Å²) < 4.78 is 18.1. The average Bonchev–Trinajstić information content (AvgIpc) is 2.81. The maximum Gasteiger partial charge on any atom is 0.203 e. The van der Waals surface area contributed by atoms with Crippen molar-refractivity contribution < 1.29 is 19.0 Å². The highest BCUT2D eigenvalue weighted by Crippen LogP contribution is 2.38. The number of carbonyl (C=O) groups excluding carboxylic acids is 1. The van der Waals surface area contributed by atoms with Gasteiger partial charge in [0.1, 0.15) is 12.9 Å². The van der Waals surface area contributed by atoms with Gasteiger partial charge in [-0.05, 0) is 25.1 Å². The number of aromatic nitrogens is 2. The Balaban J connectivity index is 2.30. The lowest BCUT2D eigenvalue weighted by atomic mass is 10.2. The van der Waals surface area contributed by atoms with Crippen molar-refractivity contribution in [1.29, 1.82) is 0 Å². The zero-order valence-electron chi connectivity index (χ0n) is 12.5. The van der Waals surface area contributed by atoms with Crippen molar-refractivity contribution in [3.05, 3.63) is 35.2 Å². The monoisotopic (exact) mass is 290 g/mol. The molecule has 0 amide bonds. The Labute approximate surface area is 123 Å². The van der Waals surface area contributed by atoms with Gasteiger partial charge in [0.05, 0.1) is 25.6 Å². The van der Waals surface area contributed by atoms with Crippen LogP contribution in [0.5, 0.6) is 17.2 Å². The fraction of sp³-hybridized carbons (Fsp3) is 0.333. The fourth-order valence-corrected chi connectivity index (χ4v) is 2.06. The van der Waals surface area contributed by atoms with E-state index in [9.17, 15) is 4.79 Å². The molecule has 0 saturated carbocycles. The second-order valence-electron chi connectivity index (χ2n) is 4.56. The van der Waals surface area contributed by atoms with Gasteiger partial charge in [0.25, 0.3) is 0 Å². The Kier molecular flexibility index (Phi) is 4.47. The predicted molar refractivity (Wildman–Crippen MR) is 77.2 cm³/mol. The maximum absolute atomic E-state index is 10.9. The maximum atomic E-state index is 10.9. The molecular formula is C15H18N2O4. The zero-order chi connectivity index (χ0) is 15.4. The number of methoxy groups -OCH3 is 2. The van der Waals surface area contributed by atoms with E-state index >= 15 is 0 Å². The molecular weight excluding hydrogens is 272 g/mol. The largest absolute Gasteiger partial charge is 0.493 e. The highest BCUT2D eigenvalue weighted by atomic mass is 16.5. The summed E-state index contributed by atoms with van der Waals surface area (Å²) in [5.74, 6) is 1.37. The Bertz CT molecular complexity index is 624. The van der Waals surface area contributed by atoms with Gasteiger partial charge in [0, 0.05) is 12.6 Å². The van der Waals surface area contributed by atoms with Gasteiger partial charge in [-0.15, -0.1) is 0 Å². The second kappa shape index (κ2) is 6.30. The quantitative estimate of drug-likeness (QED) is 0.763. The molecule has 0 fully saturated rings. The molecule has 1 aromatic carbocycles. The molecule has 0 aliphatic heterocycles. The van der Waals surface area contributed by atoms with Gasteiger partial charge < -0.3 is 14.2 Å². The third-order valence-corrected chi connectivity index (χ3v) is 3.08. The predicted octanol–water partition coefficient (Wildman–Crippen LogP) is 2.14. The summed E-state index contributed by atoms with van der Waals surface area (Å²) in [7, 11) is 4.89. The van der Waals surface area contributed by atoms with Crippen LogP contribution in [0, 0.1) is 6.92 Å². The third-order valence-electron chi connectivity index (χ3n) is 3.08. The standard InChI is InChI=1S/C15H18N2O4/c1-10-5-12(17(2)16-10)9-21-15-13(19-3)6-11(8-18)7-14(15)20-4/h5-8H,9H2,1-4H3. The summed E-state index contributed by atoms with van der Waals surface area (Å²) in [6.45, 7) is 2.24. The Hall–Kier alpha value is -2.50. The lowest BCUT2D eigenvalue weighted by molar-refractivity contribution is 0.112. The Morgan fingerprint density at radius 1 is 1.19 bits per heavy atom. The molecule has 0 aliphatic rings. The number of nitrogens with zero attached hydrogens (tertiary/aromatic N) is 2. The number of aldehydes is 1. The van der Waals surface area contributed by atoms with Crippen LogP contribution in [0.2, 0.25) is 0 Å². The molecule has 0 N–H and O–H groups in total. The molecule has 2 aromatic rings. The molecule has 6 nitrogen and oxygen atoms in total. The van der Waals surface area contributed by atoms with E-state index in [1.54, 1.807) is 16.8 Å². The molecule has 0 atom stereocenters. The molecule has 0 radical (unpaired) electrons. The van der Waals surface area contributed by atoms with E-state index in [-0.39, 0.29) is 0 Å². The van der Waals surface area contributed by atoms with Crippen molar-refractivity contribution in [2.75, 3.05) is 14.2 Å². The summed E-state index contributed by atoms with van der Waals surface area (Å²) in [5.41, 5.74) is 2.31. The molecule has 1 heterocycles. The normalized spacial score (nSPS) is 10.3. The number of carbonyl (C=O) groups is 1. The molecule has 0 spiro atoms. The molecule has 112 valence electrons. The number of ether oxygens (including phenoxy) is 3. The lowest BCUT2D eigenvalue weighted by Gasteiger charge is -2.15. The molecule has 1 aromatic heterocycles. The second-order valence-corrected chi connectivity index (χ2v) is 4.56. The first-order valence-corrected chi connectivity index (χ1v) is 6.42. The van der Waals surface area contributed by atoms with Crippen LogP contribution >= 0.6 is 0 Å². The van der Waals surface area contributed by atoms with Gasteiger partial charge in [-0.1, -0.05) is 0 Å². The molecule has 6 heteroatoms. The minimum Gasteiger partial charge on any atom is -0.493 e. The van der Waals surface area contributed by atoms with E-state index in [0.717, 1.165) is 17.7 Å². The molecule has 0 saturated heterocycles. The van der Waals surface area contributed by atoms with Crippen molar-refractivity contribution in [2.45, 2.75) is 13.5 Å². The highest BCUT2D eigenvalue weighted by molar-refractivity contribution is 5.78. The van der Waals surface area contributed by atoms with Crippen molar-refractivity contribution in [2.24, 2.45) is 7.05 Å². The van der Waals surface area contributed by atoms with E-state index in [1.807, 2.05) is 20.0 Å². The molecule has 2 rings (SSSR count). The number of benzene rings is 1. The van der Waals surface area contributed by atoms with Gasteiger partial charge in [0.15, 0.2) is 11.5 Å². The summed E-state index contributed by atoms with van der Waals surface area (Å²) >= 11 is 0. The van der Waals surface area contributed by atoms with Crippen molar-refractivity contribution in [3.8, 4) is 17.2 Å². The zero-order valence-corrected chi connectivity index (χ0v) is 12.5. The van der Waals surface area contributed by atoms with Crippen LogP contribution in [-0.4, -0.2) is 30.3 Å². The van der Waals surface area contributed by atoms with Crippen LogP contribution in [0.3, 0.4) is 0 Å². The minimum absolute atomic E-state index is 0.324. The highest BCUT2D eigenvalue weighted by Gasteiger charge is 2.15. The van der Waals surface area contributed by atoms with E-state index in [1.165, 1.54) is 14.2 Å². The van der Waals surface area contributed by atoms with Crippen molar-refractivity contribution in [1.82, 2.24) is 9.78 Å². The average molecular weight is 290 g/mol. The van der Waals surface area contributed by atoms with Gasteiger partial charge in [-0.25, -0.2) is 0 Å². The summed E-state index contributed by atoms with van der Waals surface area (Å²) in [6.07, 6.45) is 0.735.